The number of carbonyl (C=O) groups excluding carboxylic acids is 1. The number of aliphatic hydroxyl groups is 1. The number of rotatable bonds is 3. The SMILES string of the molecule is CC1CC(NC(=O)N(C)CC(C)(C)O)CC(C)O1. The van der Waals surface area contributed by atoms with Crippen LogP contribution in [0.2, 0.25) is 0 Å². The van der Waals surface area contributed by atoms with Crippen LogP contribution in [0.5, 0.6) is 0 Å². The van der Waals surface area contributed by atoms with Crippen molar-refractivity contribution in [2.24, 2.45) is 0 Å². The van der Waals surface area contributed by atoms with Gasteiger partial charge in [-0.25, -0.2) is 4.79 Å². The Hall–Kier alpha value is -0.810. The molecule has 0 spiro atoms. The maximum atomic E-state index is 12.0. The van der Waals surface area contributed by atoms with E-state index in [2.05, 4.69) is 5.32 Å². The Morgan fingerprint density at radius 1 is 1.39 bits per heavy atom. The minimum absolute atomic E-state index is 0.136. The molecule has 1 fully saturated rings. The highest BCUT2D eigenvalue weighted by Crippen LogP contribution is 2.19. The Balaban J connectivity index is 2.44. The highest BCUT2D eigenvalue weighted by atomic mass is 16.5. The maximum Gasteiger partial charge on any atom is 0.317 e. The lowest BCUT2D eigenvalue weighted by molar-refractivity contribution is -0.0409. The van der Waals surface area contributed by atoms with Crippen molar-refractivity contribution in [3.8, 4) is 0 Å². The van der Waals surface area contributed by atoms with Gasteiger partial charge in [0.2, 0.25) is 0 Å². The van der Waals surface area contributed by atoms with Gasteiger partial charge in [-0.15, -0.1) is 0 Å². The first-order valence-electron chi connectivity index (χ1n) is 6.57. The predicted molar refractivity (Wildman–Crippen MR) is 70.5 cm³/mol. The first-order valence-corrected chi connectivity index (χ1v) is 6.57. The van der Waals surface area contributed by atoms with Crippen molar-refractivity contribution in [1.29, 1.82) is 0 Å². The summed E-state index contributed by atoms with van der Waals surface area (Å²) in [6.07, 6.45) is 2.04. The number of ether oxygens (including phenoxy) is 1. The number of hydrogen-bond donors (Lipinski definition) is 2. The van der Waals surface area contributed by atoms with E-state index >= 15 is 0 Å². The molecule has 1 saturated heterocycles. The van der Waals surface area contributed by atoms with Crippen LogP contribution in [0.3, 0.4) is 0 Å². The second-order valence-corrected chi connectivity index (χ2v) is 6.04. The van der Waals surface area contributed by atoms with E-state index in [4.69, 9.17) is 4.74 Å². The van der Waals surface area contributed by atoms with Crippen LogP contribution >= 0.6 is 0 Å². The molecule has 2 unspecified atom stereocenters. The Kier molecular flexibility index (Phi) is 4.99. The molecule has 0 saturated carbocycles. The van der Waals surface area contributed by atoms with Crippen molar-refractivity contribution in [3.63, 3.8) is 0 Å². The number of nitrogens with one attached hydrogen (secondary N) is 1. The van der Waals surface area contributed by atoms with Crippen molar-refractivity contribution in [1.82, 2.24) is 10.2 Å². The molecule has 2 amide bonds. The molecule has 0 aromatic rings. The topological polar surface area (TPSA) is 61.8 Å². The van der Waals surface area contributed by atoms with Crippen LogP contribution in [0.4, 0.5) is 4.79 Å². The summed E-state index contributed by atoms with van der Waals surface area (Å²) in [4.78, 5) is 13.5. The van der Waals surface area contributed by atoms with E-state index in [0.717, 1.165) is 12.8 Å². The predicted octanol–water partition coefficient (Wildman–Crippen LogP) is 1.35. The molecule has 2 atom stereocenters. The van der Waals surface area contributed by atoms with Gasteiger partial charge in [0.05, 0.1) is 24.4 Å². The van der Waals surface area contributed by atoms with Crippen LogP contribution in [0.1, 0.15) is 40.5 Å². The third-order valence-electron chi connectivity index (χ3n) is 3.00. The van der Waals surface area contributed by atoms with Gasteiger partial charge >= 0.3 is 6.03 Å². The molecule has 0 aromatic carbocycles. The van der Waals surface area contributed by atoms with Gasteiger partial charge in [0.15, 0.2) is 0 Å². The summed E-state index contributed by atoms with van der Waals surface area (Å²) in [5, 5.41) is 12.7. The van der Waals surface area contributed by atoms with Gasteiger partial charge in [0.25, 0.3) is 0 Å². The van der Waals surface area contributed by atoms with Crippen molar-refractivity contribution >= 4 is 6.03 Å². The summed E-state index contributed by atoms with van der Waals surface area (Å²) in [6, 6.07) is 0.0175. The summed E-state index contributed by atoms with van der Waals surface area (Å²) < 4.78 is 5.63. The lowest BCUT2D eigenvalue weighted by Gasteiger charge is -2.34. The van der Waals surface area contributed by atoms with E-state index in [1.807, 2.05) is 13.8 Å². The van der Waals surface area contributed by atoms with Crippen LogP contribution in [-0.4, -0.2) is 53.5 Å². The van der Waals surface area contributed by atoms with Gasteiger partial charge in [-0.05, 0) is 40.5 Å². The highest BCUT2D eigenvalue weighted by Gasteiger charge is 2.27. The molecule has 0 aromatic heterocycles. The molecule has 2 N–H and O–H groups in total. The molecule has 106 valence electrons. The third-order valence-corrected chi connectivity index (χ3v) is 3.00. The number of likely N-dealkylation sites (N-methyl/N-ethyl adjacent to an activating group) is 1. The Morgan fingerprint density at radius 3 is 2.33 bits per heavy atom. The minimum atomic E-state index is -0.873. The van der Waals surface area contributed by atoms with E-state index in [9.17, 15) is 9.90 Å². The van der Waals surface area contributed by atoms with Crippen LogP contribution in [0.25, 0.3) is 0 Å². The van der Waals surface area contributed by atoms with Gasteiger partial charge in [-0.3, -0.25) is 0 Å². The van der Waals surface area contributed by atoms with Gasteiger partial charge < -0.3 is 20.1 Å². The van der Waals surface area contributed by atoms with Gasteiger partial charge in [0.1, 0.15) is 0 Å². The van der Waals surface area contributed by atoms with E-state index < -0.39 is 5.60 Å². The Morgan fingerprint density at radius 2 is 1.89 bits per heavy atom. The van der Waals surface area contributed by atoms with Crippen LogP contribution in [0, 0.1) is 0 Å². The average Bonchev–Trinajstić information content (AvgIpc) is 2.12. The number of hydrogen-bond acceptors (Lipinski definition) is 3. The van der Waals surface area contributed by atoms with Crippen molar-refractivity contribution in [2.45, 2.75) is 64.4 Å². The zero-order valence-electron chi connectivity index (χ0n) is 12.1. The molecule has 1 heterocycles. The second-order valence-electron chi connectivity index (χ2n) is 6.04. The molecule has 5 heteroatoms. The smallest absolute Gasteiger partial charge is 0.317 e. The quantitative estimate of drug-likeness (QED) is 0.803. The number of carbonyl (C=O) groups is 1. The number of urea groups is 1. The molecular formula is C13H26N2O3. The lowest BCUT2D eigenvalue weighted by atomic mass is 10.00. The summed E-state index contributed by atoms with van der Waals surface area (Å²) in [5.74, 6) is 0. The highest BCUT2D eigenvalue weighted by molar-refractivity contribution is 5.74. The fourth-order valence-electron chi connectivity index (χ4n) is 2.46. The standard InChI is InChI=1S/C13H26N2O3/c1-9-6-11(7-10(2)18-9)14-12(16)15(5)8-13(3,4)17/h9-11,17H,6-8H2,1-5H3,(H,14,16). The molecule has 18 heavy (non-hydrogen) atoms. The summed E-state index contributed by atoms with van der Waals surface area (Å²) in [6.45, 7) is 7.74. The largest absolute Gasteiger partial charge is 0.389 e. The van der Waals surface area contributed by atoms with Crippen LogP contribution < -0.4 is 5.32 Å². The van der Waals surface area contributed by atoms with Crippen LogP contribution in [0.15, 0.2) is 0 Å². The third kappa shape index (κ3) is 5.23. The van der Waals surface area contributed by atoms with Crippen molar-refractivity contribution in [3.05, 3.63) is 0 Å². The fourth-order valence-corrected chi connectivity index (χ4v) is 2.46. The van der Waals surface area contributed by atoms with Crippen molar-refractivity contribution < 1.29 is 14.6 Å². The maximum absolute atomic E-state index is 12.0. The normalized spacial score (nSPS) is 28.9. The van der Waals surface area contributed by atoms with E-state index in [1.165, 1.54) is 4.90 Å². The minimum Gasteiger partial charge on any atom is -0.389 e. The molecular weight excluding hydrogens is 232 g/mol. The zero-order valence-corrected chi connectivity index (χ0v) is 12.1. The first kappa shape index (κ1) is 15.2. The molecule has 5 nitrogen and oxygen atoms in total. The lowest BCUT2D eigenvalue weighted by Crippen LogP contribution is -2.50. The molecule has 0 radical (unpaired) electrons. The molecule has 0 bridgehead atoms. The Bertz CT molecular complexity index is 278. The summed E-state index contributed by atoms with van der Waals surface area (Å²) >= 11 is 0. The first-order chi connectivity index (χ1) is 8.17. The molecule has 1 aliphatic rings. The summed E-state index contributed by atoms with van der Waals surface area (Å²) in [7, 11) is 1.69. The number of nitrogens with zero attached hydrogens (tertiary/aromatic N) is 1. The van der Waals surface area contributed by atoms with E-state index in [1.54, 1.807) is 20.9 Å². The van der Waals surface area contributed by atoms with Gasteiger partial charge in [-0.1, -0.05) is 0 Å². The van der Waals surface area contributed by atoms with Crippen LogP contribution in [-0.2, 0) is 4.74 Å². The monoisotopic (exact) mass is 258 g/mol. The van der Waals surface area contributed by atoms with E-state index in [0.29, 0.717) is 6.54 Å². The summed E-state index contributed by atoms with van der Waals surface area (Å²) in [5.41, 5.74) is -0.873. The van der Waals surface area contributed by atoms with Gasteiger partial charge in [0, 0.05) is 13.1 Å². The second kappa shape index (κ2) is 5.89. The average molecular weight is 258 g/mol. The zero-order chi connectivity index (χ0) is 13.9. The molecule has 1 aliphatic heterocycles. The molecule has 1 rings (SSSR count). The van der Waals surface area contributed by atoms with Crippen molar-refractivity contribution in [2.75, 3.05) is 13.6 Å². The molecule has 0 aliphatic carbocycles. The fraction of sp³-hybridized carbons (Fsp3) is 0.923. The number of amides is 2. The Labute approximate surface area is 109 Å². The van der Waals surface area contributed by atoms with E-state index in [-0.39, 0.29) is 24.3 Å². The van der Waals surface area contributed by atoms with Gasteiger partial charge in [-0.2, -0.15) is 0 Å².